The van der Waals surface area contributed by atoms with E-state index < -0.39 is 18.3 Å². The van der Waals surface area contributed by atoms with E-state index in [2.05, 4.69) is 10.4 Å². The highest BCUT2D eigenvalue weighted by Crippen LogP contribution is 2.09. The molecule has 0 aliphatic heterocycles. The van der Waals surface area contributed by atoms with Crippen LogP contribution in [0.5, 0.6) is 0 Å². The van der Waals surface area contributed by atoms with Crippen molar-refractivity contribution >= 4 is 0 Å². The summed E-state index contributed by atoms with van der Waals surface area (Å²) in [6.07, 6.45) is 1.68. The maximum atomic E-state index is 13.3. The van der Waals surface area contributed by atoms with Crippen molar-refractivity contribution < 1.29 is 13.2 Å². The van der Waals surface area contributed by atoms with Crippen LogP contribution in [0.25, 0.3) is 0 Å². The van der Waals surface area contributed by atoms with Crippen molar-refractivity contribution in [3.63, 3.8) is 0 Å². The van der Waals surface area contributed by atoms with Gasteiger partial charge in [0.05, 0.1) is 12.2 Å². The molecule has 1 N–H and O–H groups in total. The average Bonchev–Trinajstić information content (AvgIpc) is 2.82. The van der Waals surface area contributed by atoms with Crippen molar-refractivity contribution in [3.8, 4) is 0 Å². The molecule has 0 aliphatic rings. The third-order valence-electron chi connectivity index (χ3n) is 2.64. The van der Waals surface area contributed by atoms with E-state index in [0.29, 0.717) is 6.54 Å². The fourth-order valence-electron chi connectivity index (χ4n) is 1.71. The van der Waals surface area contributed by atoms with E-state index in [0.717, 1.165) is 23.9 Å². The molecule has 0 radical (unpaired) electrons. The minimum atomic E-state index is -0.469. The van der Waals surface area contributed by atoms with E-state index in [1.165, 1.54) is 4.68 Å². The molecule has 6 heteroatoms. The van der Waals surface area contributed by atoms with E-state index in [9.17, 15) is 13.2 Å². The fourth-order valence-corrected chi connectivity index (χ4v) is 1.71. The Morgan fingerprint density at radius 2 is 2.00 bits per heavy atom. The Bertz CT molecular complexity index is 540. The highest BCUT2D eigenvalue weighted by Gasteiger charge is 2.04. The third-order valence-corrected chi connectivity index (χ3v) is 2.64. The van der Waals surface area contributed by atoms with Gasteiger partial charge in [0.15, 0.2) is 0 Å². The van der Waals surface area contributed by atoms with Gasteiger partial charge in [0.2, 0.25) is 0 Å². The molecule has 0 atom stereocenters. The Balaban J connectivity index is 1.87. The number of benzene rings is 1. The summed E-state index contributed by atoms with van der Waals surface area (Å²) in [5, 5.41) is 7.08. The van der Waals surface area contributed by atoms with Gasteiger partial charge in [0.25, 0.3) is 0 Å². The van der Waals surface area contributed by atoms with Crippen LogP contribution in [0.2, 0.25) is 0 Å². The molecule has 0 bridgehead atoms. The van der Waals surface area contributed by atoms with Crippen LogP contribution in [-0.2, 0) is 19.6 Å². The number of rotatable bonds is 6. The molecule has 0 saturated heterocycles. The fraction of sp³-hybridized carbons (Fsp3) is 0.308. The molecular formula is C13H14F3N3. The van der Waals surface area contributed by atoms with Crippen LogP contribution in [-0.4, -0.2) is 16.5 Å². The Hall–Kier alpha value is -1.82. The van der Waals surface area contributed by atoms with Crippen molar-refractivity contribution in [1.82, 2.24) is 15.1 Å². The quantitative estimate of drug-likeness (QED) is 0.872. The molecule has 102 valence electrons. The standard InChI is InChI=1S/C13H14F3N3/c14-4-6-19-5-3-12(18-19)9-17-8-10-7-11(15)1-2-13(10)16/h1-3,5,7,17H,4,6,8-9H2. The zero-order valence-corrected chi connectivity index (χ0v) is 10.2. The van der Waals surface area contributed by atoms with Crippen LogP contribution in [0.4, 0.5) is 13.2 Å². The van der Waals surface area contributed by atoms with Gasteiger partial charge in [0, 0.05) is 24.8 Å². The van der Waals surface area contributed by atoms with Gasteiger partial charge in [0.1, 0.15) is 18.3 Å². The van der Waals surface area contributed by atoms with Crippen LogP contribution < -0.4 is 5.32 Å². The van der Waals surface area contributed by atoms with Crippen LogP contribution in [0.1, 0.15) is 11.3 Å². The van der Waals surface area contributed by atoms with E-state index in [1.807, 2.05) is 0 Å². The normalized spacial score (nSPS) is 10.9. The largest absolute Gasteiger partial charge is 0.307 e. The van der Waals surface area contributed by atoms with Crippen LogP contribution >= 0.6 is 0 Å². The van der Waals surface area contributed by atoms with E-state index in [-0.39, 0.29) is 18.7 Å². The molecule has 2 rings (SSSR count). The number of alkyl halides is 1. The molecule has 1 aromatic heterocycles. The number of hydrogen-bond donors (Lipinski definition) is 1. The molecular weight excluding hydrogens is 255 g/mol. The van der Waals surface area contributed by atoms with E-state index in [4.69, 9.17) is 0 Å². The molecule has 0 aliphatic carbocycles. The van der Waals surface area contributed by atoms with Crippen molar-refractivity contribution in [1.29, 1.82) is 0 Å². The highest BCUT2D eigenvalue weighted by atomic mass is 19.1. The van der Waals surface area contributed by atoms with Gasteiger partial charge < -0.3 is 5.32 Å². The summed E-state index contributed by atoms with van der Waals surface area (Å²) in [5.74, 6) is -0.915. The number of aryl methyl sites for hydroxylation is 1. The number of aromatic nitrogens is 2. The van der Waals surface area contributed by atoms with Crippen molar-refractivity contribution in [2.45, 2.75) is 19.6 Å². The minimum Gasteiger partial charge on any atom is -0.307 e. The lowest BCUT2D eigenvalue weighted by atomic mass is 10.2. The van der Waals surface area contributed by atoms with Gasteiger partial charge in [-0.25, -0.2) is 13.2 Å². The predicted molar refractivity (Wildman–Crippen MR) is 65.1 cm³/mol. The molecule has 2 aromatic rings. The van der Waals surface area contributed by atoms with Gasteiger partial charge in [-0.3, -0.25) is 4.68 Å². The Morgan fingerprint density at radius 3 is 2.79 bits per heavy atom. The number of halogens is 3. The van der Waals surface area contributed by atoms with Crippen LogP contribution in [0.15, 0.2) is 30.5 Å². The van der Waals surface area contributed by atoms with Gasteiger partial charge in [-0.05, 0) is 24.3 Å². The zero-order chi connectivity index (χ0) is 13.7. The SMILES string of the molecule is FCCn1ccc(CNCc2cc(F)ccc2F)n1. The van der Waals surface area contributed by atoms with E-state index >= 15 is 0 Å². The summed E-state index contributed by atoms with van der Waals surface area (Å²) < 4.78 is 39.9. The van der Waals surface area contributed by atoms with Crippen molar-refractivity contribution in [2.24, 2.45) is 0 Å². The predicted octanol–water partition coefficient (Wildman–Crippen LogP) is 2.42. The lowest BCUT2D eigenvalue weighted by Crippen LogP contribution is -2.14. The summed E-state index contributed by atoms with van der Waals surface area (Å²) in [6, 6.07) is 5.09. The molecule has 0 amide bonds. The summed E-state index contributed by atoms with van der Waals surface area (Å²) in [5.41, 5.74) is 0.994. The zero-order valence-electron chi connectivity index (χ0n) is 10.2. The first-order chi connectivity index (χ1) is 9.19. The lowest BCUT2D eigenvalue weighted by molar-refractivity contribution is 0.425. The topological polar surface area (TPSA) is 29.9 Å². The molecule has 0 saturated carbocycles. The molecule has 0 fully saturated rings. The lowest BCUT2D eigenvalue weighted by Gasteiger charge is -2.04. The Labute approximate surface area is 109 Å². The maximum absolute atomic E-state index is 13.3. The van der Waals surface area contributed by atoms with Gasteiger partial charge in [-0.15, -0.1) is 0 Å². The van der Waals surface area contributed by atoms with Gasteiger partial charge >= 0.3 is 0 Å². The van der Waals surface area contributed by atoms with Crippen molar-refractivity contribution in [2.75, 3.05) is 6.67 Å². The first kappa shape index (κ1) is 13.6. The summed E-state index contributed by atoms with van der Waals surface area (Å²) in [4.78, 5) is 0. The number of nitrogens with zero attached hydrogens (tertiary/aromatic N) is 2. The van der Waals surface area contributed by atoms with Crippen molar-refractivity contribution in [3.05, 3.63) is 53.4 Å². The number of hydrogen-bond acceptors (Lipinski definition) is 2. The summed E-state index contributed by atoms with van der Waals surface area (Å²) in [7, 11) is 0. The minimum absolute atomic E-state index is 0.208. The second kappa shape index (κ2) is 6.38. The second-order valence-corrected chi connectivity index (χ2v) is 4.10. The van der Waals surface area contributed by atoms with Gasteiger partial charge in [-0.1, -0.05) is 0 Å². The smallest absolute Gasteiger partial charge is 0.127 e. The second-order valence-electron chi connectivity index (χ2n) is 4.10. The van der Waals surface area contributed by atoms with E-state index in [1.54, 1.807) is 12.3 Å². The summed E-state index contributed by atoms with van der Waals surface area (Å²) >= 11 is 0. The first-order valence-corrected chi connectivity index (χ1v) is 5.92. The molecule has 3 nitrogen and oxygen atoms in total. The molecule has 0 unspecified atom stereocenters. The molecule has 1 aromatic carbocycles. The Kier molecular flexibility index (Phi) is 4.57. The molecule has 19 heavy (non-hydrogen) atoms. The monoisotopic (exact) mass is 269 g/mol. The van der Waals surface area contributed by atoms with Crippen LogP contribution in [0.3, 0.4) is 0 Å². The number of nitrogens with one attached hydrogen (secondary N) is 1. The third kappa shape index (κ3) is 3.82. The molecule has 0 spiro atoms. The highest BCUT2D eigenvalue weighted by molar-refractivity contribution is 5.18. The Morgan fingerprint density at radius 1 is 1.16 bits per heavy atom. The maximum Gasteiger partial charge on any atom is 0.127 e. The summed E-state index contributed by atoms with van der Waals surface area (Å²) in [6.45, 7) is 0.371. The first-order valence-electron chi connectivity index (χ1n) is 5.92. The molecule has 1 heterocycles. The average molecular weight is 269 g/mol. The van der Waals surface area contributed by atoms with Gasteiger partial charge in [-0.2, -0.15) is 5.10 Å². The van der Waals surface area contributed by atoms with Crippen LogP contribution in [0, 0.1) is 11.6 Å².